The standard InChI is InChI=1S/C13H15N3O/c1-10-4-3-5-12(8-10)15-13(17)11(2)16-7-6-14-9-16/h3-9,11H,1-2H3,(H,15,17). The first-order chi connectivity index (χ1) is 8.16. The summed E-state index contributed by atoms with van der Waals surface area (Å²) >= 11 is 0. The number of nitrogens with one attached hydrogen (secondary N) is 1. The third-order valence-corrected chi connectivity index (χ3v) is 2.64. The zero-order valence-electron chi connectivity index (χ0n) is 9.92. The molecule has 0 fully saturated rings. The van der Waals surface area contributed by atoms with Crippen molar-refractivity contribution >= 4 is 11.6 Å². The predicted octanol–water partition coefficient (Wildman–Crippen LogP) is 2.39. The predicted molar refractivity (Wildman–Crippen MR) is 66.7 cm³/mol. The van der Waals surface area contributed by atoms with Gasteiger partial charge < -0.3 is 9.88 Å². The molecule has 2 rings (SSSR count). The van der Waals surface area contributed by atoms with E-state index in [1.165, 1.54) is 0 Å². The summed E-state index contributed by atoms with van der Waals surface area (Å²) in [7, 11) is 0. The number of imidazole rings is 1. The second kappa shape index (κ2) is 4.82. The quantitative estimate of drug-likeness (QED) is 0.878. The van der Waals surface area contributed by atoms with E-state index >= 15 is 0 Å². The Morgan fingerprint density at radius 1 is 1.47 bits per heavy atom. The smallest absolute Gasteiger partial charge is 0.247 e. The Hall–Kier alpha value is -2.10. The van der Waals surface area contributed by atoms with Gasteiger partial charge in [-0.05, 0) is 31.5 Å². The van der Waals surface area contributed by atoms with Crippen LogP contribution in [0.1, 0.15) is 18.5 Å². The van der Waals surface area contributed by atoms with Crippen molar-refractivity contribution in [2.24, 2.45) is 0 Å². The molecule has 0 aliphatic heterocycles. The zero-order chi connectivity index (χ0) is 12.3. The zero-order valence-corrected chi connectivity index (χ0v) is 9.92. The molecule has 1 atom stereocenters. The Kier molecular flexibility index (Phi) is 3.23. The molecule has 0 radical (unpaired) electrons. The van der Waals surface area contributed by atoms with E-state index in [0.29, 0.717) is 0 Å². The molecule has 1 heterocycles. The first kappa shape index (κ1) is 11.4. The van der Waals surface area contributed by atoms with Crippen LogP contribution in [-0.2, 0) is 4.79 Å². The number of benzene rings is 1. The monoisotopic (exact) mass is 229 g/mol. The summed E-state index contributed by atoms with van der Waals surface area (Å²) in [6.45, 7) is 3.84. The summed E-state index contributed by atoms with van der Waals surface area (Å²) in [5, 5.41) is 2.88. The van der Waals surface area contributed by atoms with Crippen LogP contribution in [0.4, 0.5) is 5.69 Å². The number of nitrogens with zero attached hydrogens (tertiary/aromatic N) is 2. The number of carbonyl (C=O) groups is 1. The van der Waals surface area contributed by atoms with E-state index in [1.54, 1.807) is 23.3 Å². The fourth-order valence-corrected chi connectivity index (χ4v) is 1.60. The highest BCUT2D eigenvalue weighted by Crippen LogP contribution is 2.13. The maximum atomic E-state index is 12.0. The summed E-state index contributed by atoms with van der Waals surface area (Å²) < 4.78 is 1.77. The van der Waals surface area contributed by atoms with E-state index in [4.69, 9.17) is 0 Å². The molecule has 0 saturated heterocycles. The average molecular weight is 229 g/mol. The molecule has 0 aliphatic carbocycles. The van der Waals surface area contributed by atoms with Crippen LogP contribution in [0.15, 0.2) is 43.0 Å². The van der Waals surface area contributed by atoms with E-state index in [2.05, 4.69) is 10.3 Å². The van der Waals surface area contributed by atoms with Gasteiger partial charge in [-0.2, -0.15) is 0 Å². The molecule has 4 nitrogen and oxygen atoms in total. The highest BCUT2D eigenvalue weighted by Gasteiger charge is 2.13. The van der Waals surface area contributed by atoms with Crippen LogP contribution in [-0.4, -0.2) is 15.5 Å². The molecule has 0 saturated carbocycles. The minimum atomic E-state index is -0.266. The Balaban J connectivity index is 2.07. The molecule has 1 aromatic carbocycles. The van der Waals surface area contributed by atoms with Crippen LogP contribution in [0, 0.1) is 6.92 Å². The largest absolute Gasteiger partial charge is 0.325 e. The molecule has 2 aromatic rings. The fraction of sp³-hybridized carbons (Fsp3) is 0.231. The fourth-order valence-electron chi connectivity index (χ4n) is 1.60. The van der Waals surface area contributed by atoms with Crippen molar-refractivity contribution in [3.8, 4) is 0 Å². The molecule has 1 N–H and O–H groups in total. The van der Waals surface area contributed by atoms with Crippen LogP contribution in [0.3, 0.4) is 0 Å². The van der Waals surface area contributed by atoms with Crippen molar-refractivity contribution < 1.29 is 4.79 Å². The van der Waals surface area contributed by atoms with E-state index in [1.807, 2.05) is 38.1 Å². The lowest BCUT2D eigenvalue weighted by atomic mass is 10.2. The third-order valence-electron chi connectivity index (χ3n) is 2.64. The van der Waals surface area contributed by atoms with Crippen molar-refractivity contribution in [2.45, 2.75) is 19.9 Å². The van der Waals surface area contributed by atoms with Crippen LogP contribution < -0.4 is 5.32 Å². The summed E-state index contributed by atoms with van der Waals surface area (Å²) in [6.07, 6.45) is 5.08. The van der Waals surface area contributed by atoms with Crippen molar-refractivity contribution in [3.05, 3.63) is 48.5 Å². The molecule has 88 valence electrons. The lowest BCUT2D eigenvalue weighted by Crippen LogP contribution is -2.22. The average Bonchev–Trinajstić information content (AvgIpc) is 2.81. The maximum absolute atomic E-state index is 12.0. The SMILES string of the molecule is Cc1cccc(NC(=O)C(C)n2ccnc2)c1. The molecule has 1 unspecified atom stereocenters. The van der Waals surface area contributed by atoms with Crippen molar-refractivity contribution in [3.63, 3.8) is 0 Å². The number of hydrogen-bond acceptors (Lipinski definition) is 2. The van der Waals surface area contributed by atoms with Gasteiger partial charge in [0, 0.05) is 18.1 Å². The van der Waals surface area contributed by atoms with E-state index in [0.717, 1.165) is 11.3 Å². The van der Waals surface area contributed by atoms with Gasteiger partial charge >= 0.3 is 0 Å². The van der Waals surface area contributed by atoms with Gasteiger partial charge in [0.25, 0.3) is 0 Å². The van der Waals surface area contributed by atoms with Gasteiger partial charge in [0.2, 0.25) is 5.91 Å². The number of hydrogen-bond donors (Lipinski definition) is 1. The van der Waals surface area contributed by atoms with Gasteiger partial charge in [-0.1, -0.05) is 12.1 Å². The molecular weight excluding hydrogens is 214 g/mol. The van der Waals surface area contributed by atoms with Gasteiger partial charge in [-0.3, -0.25) is 4.79 Å². The Bertz CT molecular complexity index is 505. The summed E-state index contributed by atoms with van der Waals surface area (Å²) in [5.41, 5.74) is 1.94. The number of aryl methyl sites for hydroxylation is 1. The molecule has 0 spiro atoms. The lowest BCUT2D eigenvalue weighted by Gasteiger charge is -2.13. The molecule has 0 bridgehead atoms. The number of rotatable bonds is 3. The van der Waals surface area contributed by atoms with Crippen molar-refractivity contribution in [1.29, 1.82) is 0 Å². The Morgan fingerprint density at radius 2 is 2.29 bits per heavy atom. The van der Waals surface area contributed by atoms with Crippen molar-refractivity contribution in [1.82, 2.24) is 9.55 Å². The number of anilines is 1. The van der Waals surface area contributed by atoms with E-state index < -0.39 is 0 Å². The minimum Gasteiger partial charge on any atom is -0.325 e. The minimum absolute atomic E-state index is 0.0476. The van der Waals surface area contributed by atoms with Gasteiger partial charge in [-0.25, -0.2) is 4.98 Å². The van der Waals surface area contributed by atoms with E-state index in [-0.39, 0.29) is 11.9 Å². The van der Waals surface area contributed by atoms with Crippen molar-refractivity contribution in [2.75, 3.05) is 5.32 Å². The summed E-state index contributed by atoms with van der Waals surface area (Å²) in [5.74, 6) is -0.0476. The molecule has 1 amide bonds. The van der Waals surface area contributed by atoms with Crippen LogP contribution in [0.25, 0.3) is 0 Å². The number of carbonyl (C=O) groups excluding carboxylic acids is 1. The van der Waals surface area contributed by atoms with Gasteiger partial charge in [0.15, 0.2) is 0 Å². The third kappa shape index (κ3) is 2.72. The maximum Gasteiger partial charge on any atom is 0.247 e. The highest BCUT2D eigenvalue weighted by atomic mass is 16.2. The first-order valence-corrected chi connectivity index (χ1v) is 5.52. The van der Waals surface area contributed by atoms with Crippen LogP contribution in [0.2, 0.25) is 0 Å². The molecule has 0 aliphatic rings. The molecular formula is C13H15N3O. The molecule has 4 heteroatoms. The second-order valence-electron chi connectivity index (χ2n) is 4.04. The van der Waals surface area contributed by atoms with Crippen LogP contribution >= 0.6 is 0 Å². The normalized spacial score (nSPS) is 12.1. The van der Waals surface area contributed by atoms with E-state index in [9.17, 15) is 4.79 Å². The molecule has 1 aromatic heterocycles. The van der Waals surface area contributed by atoms with Gasteiger partial charge in [0.1, 0.15) is 6.04 Å². The second-order valence-corrected chi connectivity index (χ2v) is 4.04. The Morgan fingerprint density at radius 3 is 2.94 bits per heavy atom. The van der Waals surface area contributed by atoms with Gasteiger partial charge in [-0.15, -0.1) is 0 Å². The molecule has 17 heavy (non-hydrogen) atoms. The Labute approximate surface area is 100 Å². The number of amides is 1. The lowest BCUT2D eigenvalue weighted by molar-refractivity contribution is -0.118. The van der Waals surface area contributed by atoms with Crippen LogP contribution in [0.5, 0.6) is 0 Å². The first-order valence-electron chi connectivity index (χ1n) is 5.52. The summed E-state index contributed by atoms with van der Waals surface area (Å²) in [4.78, 5) is 15.9. The van der Waals surface area contributed by atoms with Gasteiger partial charge in [0.05, 0.1) is 6.33 Å². The number of aromatic nitrogens is 2. The highest BCUT2D eigenvalue weighted by molar-refractivity contribution is 5.93. The topological polar surface area (TPSA) is 46.9 Å². The summed E-state index contributed by atoms with van der Waals surface area (Å²) in [6, 6.07) is 7.48.